The monoisotopic (exact) mass is 335 g/mol. The number of hydrogen-bond acceptors (Lipinski definition) is 4. The third-order valence-electron chi connectivity index (χ3n) is 4.62. The van der Waals surface area contributed by atoms with Gasteiger partial charge in [0.1, 0.15) is 0 Å². The lowest BCUT2D eigenvalue weighted by Gasteiger charge is -2.16. The number of aryl methyl sites for hydroxylation is 1. The van der Waals surface area contributed by atoms with Crippen LogP contribution in [0.25, 0.3) is 0 Å². The molecule has 7 nitrogen and oxygen atoms in total. The van der Waals surface area contributed by atoms with E-state index in [1.165, 1.54) is 0 Å². The van der Waals surface area contributed by atoms with Crippen LogP contribution in [0.5, 0.6) is 0 Å². The highest BCUT2D eigenvalue weighted by molar-refractivity contribution is 5.97. The summed E-state index contributed by atoms with van der Waals surface area (Å²) >= 11 is 0. The second-order valence-electron chi connectivity index (χ2n) is 6.50. The molecule has 1 saturated carbocycles. The molecule has 0 radical (unpaired) electrons. The van der Waals surface area contributed by atoms with E-state index in [2.05, 4.69) is 10.4 Å². The molecule has 1 N–H and O–H groups in total. The first-order valence-electron chi connectivity index (χ1n) is 8.22. The Labute approximate surface area is 144 Å². The average Bonchev–Trinajstić information content (AvgIpc) is 3.23. The Morgan fingerprint density at radius 2 is 2.12 bits per heavy atom. The van der Waals surface area contributed by atoms with Crippen molar-refractivity contribution in [3.63, 3.8) is 0 Å². The van der Waals surface area contributed by atoms with Gasteiger partial charge in [-0.25, -0.2) is 0 Å². The van der Waals surface area contributed by atoms with Gasteiger partial charge >= 0.3 is 0 Å². The number of benzene rings is 1. The van der Waals surface area contributed by atoms with Gasteiger partial charge in [-0.2, -0.15) is 10.4 Å². The van der Waals surface area contributed by atoms with Gasteiger partial charge in [-0.1, -0.05) is 6.07 Å². The third-order valence-corrected chi connectivity index (χ3v) is 4.62. The van der Waals surface area contributed by atoms with Crippen LogP contribution in [0, 0.1) is 11.3 Å². The van der Waals surface area contributed by atoms with E-state index in [-0.39, 0.29) is 17.9 Å². The van der Waals surface area contributed by atoms with E-state index >= 15 is 0 Å². The zero-order chi connectivity index (χ0) is 17.6. The van der Waals surface area contributed by atoms with Crippen LogP contribution in [0.2, 0.25) is 0 Å². The zero-order valence-corrected chi connectivity index (χ0v) is 13.8. The van der Waals surface area contributed by atoms with Crippen LogP contribution in [0.1, 0.15) is 50.5 Å². The van der Waals surface area contributed by atoms with E-state index < -0.39 is 0 Å². The number of carbonyl (C=O) groups excluding carboxylic acids is 2. The maximum atomic E-state index is 12.7. The first kappa shape index (κ1) is 15.4. The van der Waals surface area contributed by atoms with Crippen molar-refractivity contribution < 1.29 is 9.59 Å². The zero-order valence-electron chi connectivity index (χ0n) is 13.8. The summed E-state index contributed by atoms with van der Waals surface area (Å²) in [5.74, 6) is -0.318. The van der Waals surface area contributed by atoms with Gasteiger partial charge in [-0.05, 0) is 31.0 Å². The first-order valence-corrected chi connectivity index (χ1v) is 8.22. The molecule has 1 fully saturated rings. The minimum atomic E-state index is -0.167. The normalized spacial score (nSPS) is 15.6. The van der Waals surface area contributed by atoms with Crippen molar-refractivity contribution in [1.82, 2.24) is 20.0 Å². The molecular formula is C18H17N5O2. The largest absolute Gasteiger partial charge is 0.348 e. The minimum absolute atomic E-state index is 0.151. The molecule has 126 valence electrons. The van der Waals surface area contributed by atoms with Crippen LogP contribution in [-0.2, 0) is 20.1 Å². The fraction of sp³-hybridized carbons (Fsp3) is 0.333. The molecule has 7 heteroatoms. The molecule has 4 rings (SSSR count). The van der Waals surface area contributed by atoms with Crippen molar-refractivity contribution in [2.24, 2.45) is 7.05 Å². The van der Waals surface area contributed by atoms with E-state index in [9.17, 15) is 9.59 Å². The summed E-state index contributed by atoms with van der Waals surface area (Å²) in [7, 11) is 1.79. The predicted molar refractivity (Wildman–Crippen MR) is 88.4 cm³/mol. The Bertz CT molecular complexity index is 920. The Morgan fingerprint density at radius 1 is 1.32 bits per heavy atom. The molecule has 2 heterocycles. The quantitative estimate of drug-likeness (QED) is 0.916. The fourth-order valence-electron chi connectivity index (χ4n) is 3.11. The van der Waals surface area contributed by atoms with Crippen LogP contribution in [0.3, 0.4) is 0 Å². The number of nitrogens with one attached hydrogen (secondary N) is 1. The van der Waals surface area contributed by atoms with Gasteiger partial charge < -0.3 is 10.2 Å². The maximum Gasteiger partial charge on any atom is 0.272 e. The predicted octanol–water partition coefficient (Wildman–Crippen LogP) is 1.34. The summed E-state index contributed by atoms with van der Waals surface area (Å²) in [5.41, 5.74) is 3.03. The molecule has 1 aliphatic carbocycles. The van der Waals surface area contributed by atoms with Gasteiger partial charge in [0.25, 0.3) is 11.8 Å². The molecule has 2 aliphatic rings. The van der Waals surface area contributed by atoms with Crippen molar-refractivity contribution in [1.29, 1.82) is 5.26 Å². The van der Waals surface area contributed by atoms with Gasteiger partial charge in [0.15, 0.2) is 5.69 Å². The lowest BCUT2D eigenvalue weighted by atomic mass is 10.1. The van der Waals surface area contributed by atoms with Crippen molar-refractivity contribution in [2.45, 2.75) is 32.0 Å². The minimum Gasteiger partial charge on any atom is -0.348 e. The van der Waals surface area contributed by atoms with E-state index in [1.807, 2.05) is 6.07 Å². The highest BCUT2D eigenvalue weighted by atomic mass is 16.2. The van der Waals surface area contributed by atoms with E-state index in [4.69, 9.17) is 5.26 Å². The molecule has 0 bridgehead atoms. The molecule has 0 saturated heterocycles. The molecule has 2 aromatic rings. The highest BCUT2D eigenvalue weighted by Gasteiger charge is 2.34. The summed E-state index contributed by atoms with van der Waals surface area (Å²) in [6, 6.07) is 8.96. The number of nitrogens with zero attached hydrogens (tertiary/aromatic N) is 4. The van der Waals surface area contributed by atoms with Crippen molar-refractivity contribution in [3.05, 3.63) is 52.3 Å². The number of carbonyl (C=O) groups is 2. The van der Waals surface area contributed by atoms with Gasteiger partial charge in [-0.15, -0.1) is 0 Å². The average molecular weight is 335 g/mol. The van der Waals surface area contributed by atoms with Gasteiger partial charge in [0, 0.05) is 24.2 Å². The summed E-state index contributed by atoms with van der Waals surface area (Å²) in [6.07, 6.45) is 2.03. The Kier molecular flexibility index (Phi) is 3.53. The van der Waals surface area contributed by atoms with E-state index in [0.717, 1.165) is 24.1 Å². The molecule has 0 unspecified atom stereocenters. The Hall–Kier alpha value is -3.14. The molecule has 1 aromatic heterocycles. The standard InChI is InChI=1S/C18H17N5O2/c1-22-15-10-23(18(25)12-4-2-3-11(7-12)8-19)9-14(15)16(21-22)17(24)20-13-5-6-13/h2-4,7,13H,5-6,9-10H2,1H3,(H,20,24). The number of nitriles is 1. The Morgan fingerprint density at radius 3 is 2.84 bits per heavy atom. The number of fused-ring (bicyclic) bond motifs is 1. The number of aromatic nitrogens is 2. The summed E-state index contributed by atoms with van der Waals surface area (Å²) in [6.45, 7) is 0.761. The van der Waals surface area contributed by atoms with Gasteiger partial charge in [-0.3, -0.25) is 14.3 Å². The third kappa shape index (κ3) is 2.76. The van der Waals surface area contributed by atoms with Gasteiger partial charge in [0.2, 0.25) is 0 Å². The lowest BCUT2D eigenvalue weighted by Crippen LogP contribution is -2.29. The summed E-state index contributed by atoms with van der Waals surface area (Å²) in [4.78, 5) is 26.8. The van der Waals surface area contributed by atoms with Crippen molar-refractivity contribution in [2.75, 3.05) is 0 Å². The molecular weight excluding hydrogens is 318 g/mol. The maximum absolute atomic E-state index is 12.7. The number of rotatable bonds is 3. The van der Waals surface area contributed by atoms with E-state index in [0.29, 0.717) is 29.9 Å². The molecule has 25 heavy (non-hydrogen) atoms. The smallest absolute Gasteiger partial charge is 0.272 e. The molecule has 1 aromatic carbocycles. The fourth-order valence-corrected chi connectivity index (χ4v) is 3.11. The van der Waals surface area contributed by atoms with E-state index in [1.54, 1.807) is 40.9 Å². The molecule has 0 spiro atoms. The second-order valence-corrected chi connectivity index (χ2v) is 6.50. The van der Waals surface area contributed by atoms with Gasteiger partial charge in [0.05, 0.1) is 30.4 Å². The van der Waals surface area contributed by atoms with Crippen LogP contribution >= 0.6 is 0 Å². The lowest BCUT2D eigenvalue weighted by molar-refractivity contribution is 0.0745. The molecule has 0 atom stereocenters. The van der Waals surface area contributed by atoms with Crippen LogP contribution in [-0.4, -0.2) is 32.5 Å². The SMILES string of the molecule is Cn1nc(C(=O)NC2CC2)c2c1CN(C(=O)c1cccc(C#N)c1)C2. The Balaban J connectivity index is 1.57. The molecule has 2 amide bonds. The highest BCUT2D eigenvalue weighted by Crippen LogP contribution is 2.28. The topological polar surface area (TPSA) is 91.0 Å². The van der Waals surface area contributed by atoms with Crippen LogP contribution < -0.4 is 5.32 Å². The van der Waals surface area contributed by atoms with Crippen molar-refractivity contribution >= 4 is 11.8 Å². The van der Waals surface area contributed by atoms with Crippen LogP contribution in [0.4, 0.5) is 0 Å². The number of hydrogen-bond donors (Lipinski definition) is 1. The van der Waals surface area contributed by atoms with Crippen LogP contribution in [0.15, 0.2) is 24.3 Å². The van der Waals surface area contributed by atoms with Crippen molar-refractivity contribution in [3.8, 4) is 6.07 Å². The summed E-state index contributed by atoms with van der Waals surface area (Å²) < 4.78 is 1.68. The summed E-state index contributed by atoms with van der Waals surface area (Å²) in [5, 5.41) is 16.3. The number of amides is 2. The first-order chi connectivity index (χ1) is 12.1. The molecule has 1 aliphatic heterocycles. The second kappa shape index (κ2) is 5.74.